The second kappa shape index (κ2) is 7.35. The summed E-state index contributed by atoms with van der Waals surface area (Å²) in [6.07, 6.45) is 1.34. The Morgan fingerprint density at radius 1 is 1.36 bits per heavy atom. The Kier molecular flexibility index (Phi) is 5.18. The number of hydrogen-bond acceptors (Lipinski definition) is 3. The zero-order chi connectivity index (χ0) is 18.0. The van der Waals surface area contributed by atoms with Crippen molar-refractivity contribution < 1.29 is 13.9 Å². The number of H-pyrrole nitrogens is 1. The molecule has 25 heavy (non-hydrogen) atoms. The van der Waals surface area contributed by atoms with Crippen molar-refractivity contribution in [2.24, 2.45) is 0 Å². The van der Waals surface area contributed by atoms with Crippen molar-refractivity contribution in [3.63, 3.8) is 0 Å². The molecule has 0 spiro atoms. The number of hydrogen-bond donors (Lipinski definition) is 1. The molecule has 0 bridgehead atoms. The summed E-state index contributed by atoms with van der Waals surface area (Å²) in [5.74, 6) is -0.0545. The summed E-state index contributed by atoms with van der Waals surface area (Å²) in [5.41, 5.74) is 2.33. The first-order valence-corrected chi connectivity index (χ1v) is 8.65. The molecule has 1 saturated heterocycles. The molecule has 2 aromatic rings. The van der Waals surface area contributed by atoms with Crippen LogP contribution in [-0.4, -0.2) is 40.7 Å². The monoisotopic (exact) mass is 345 g/mol. The number of amides is 1. The lowest BCUT2D eigenvalue weighted by Crippen LogP contribution is -2.41. The van der Waals surface area contributed by atoms with E-state index >= 15 is 0 Å². The molecule has 1 aromatic carbocycles. The number of halogens is 1. The van der Waals surface area contributed by atoms with Crippen molar-refractivity contribution in [3.8, 4) is 0 Å². The fraction of sp³-hybridized carbons (Fsp3) is 0.474. The summed E-state index contributed by atoms with van der Waals surface area (Å²) < 4.78 is 18.9. The summed E-state index contributed by atoms with van der Waals surface area (Å²) >= 11 is 0. The van der Waals surface area contributed by atoms with Gasteiger partial charge in [-0.25, -0.2) is 4.39 Å². The lowest BCUT2D eigenvalue weighted by Gasteiger charge is -2.35. The summed E-state index contributed by atoms with van der Waals surface area (Å²) in [6, 6.07) is 8.25. The van der Waals surface area contributed by atoms with Crippen LogP contribution >= 0.6 is 0 Å². The van der Waals surface area contributed by atoms with Gasteiger partial charge in [0.15, 0.2) is 0 Å². The molecule has 1 aliphatic heterocycles. The molecule has 1 N–H and O–H groups in total. The molecule has 134 valence electrons. The van der Waals surface area contributed by atoms with E-state index in [0.717, 1.165) is 17.7 Å². The minimum atomic E-state index is -0.261. The number of aromatic nitrogens is 2. The van der Waals surface area contributed by atoms with Crippen molar-refractivity contribution in [1.29, 1.82) is 0 Å². The predicted molar refractivity (Wildman–Crippen MR) is 92.9 cm³/mol. The maximum absolute atomic E-state index is 13.1. The van der Waals surface area contributed by atoms with Gasteiger partial charge >= 0.3 is 0 Å². The first-order chi connectivity index (χ1) is 12.0. The van der Waals surface area contributed by atoms with Crippen LogP contribution in [0, 0.1) is 5.82 Å². The van der Waals surface area contributed by atoms with Crippen LogP contribution in [0.3, 0.4) is 0 Å². The maximum Gasteiger partial charge on any atom is 0.274 e. The van der Waals surface area contributed by atoms with Crippen LogP contribution in [0.5, 0.6) is 0 Å². The van der Waals surface area contributed by atoms with Gasteiger partial charge < -0.3 is 9.64 Å². The summed E-state index contributed by atoms with van der Waals surface area (Å²) in [4.78, 5) is 14.5. The SMILES string of the molecule is CC(C)c1cc(C(=O)N(C)[C@@H]2CCO[C@H](c3ccc(F)cc3)C2)n[nH]1. The number of carbonyl (C=O) groups is 1. The third-order valence-electron chi connectivity index (χ3n) is 4.80. The molecule has 0 radical (unpaired) electrons. The Labute approximate surface area is 147 Å². The number of carbonyl (C=O) groups excluding carboxylic acids is 1. The zero-order valence-corrected chi connectivity index (χ0v) is 14.8. The first kappa shape index (κ1) is 17.6. The largest absolute Gasteiger partial charge is 0.373 e. The Hall–Kier alpha value is -2.21. The standard InChI is InChI=1S/C19H24FN3O2/c1-12(2)16-11-17(22-21-16)19(24)23(3)15-8-9-25-18(10-15)13-4-6-14(20)7-5-13/h4-7,11-12,15,18H,8-10H2,1-3H3,(H,21,22)/t15-,18+/m1/s1. The quantitative estimate of drug-likeness (QED) is 0.920. The van der Waals surface area contributed by atoms with E-state index in [4.69, 9.17) is 4.74 Å². The molecule has 1 aliphatic rings. The molecule has 2 atom stereocenters. The van der Waals surface area contributed by atoms with Crippen LogP contribution in [0.4, 0.5) is 4.39 Å². The lowest BCUT2D eigenvalue weighted by molar-refractivity contribution is -0.0198. The van der Waals surface area contributed by atoms with Crippen LogP contribution in [0.25, 0.3) is 0 Å². The molecule has 1 amide bonds. The summed E-state index contributed by atoms with van der Waals surface area (Å²) in [6.45, 7) is 4.68. The topological polar surface area (TPSA) is 58.2 Å². The number of nitrogens with one attached hydrogen (secondary N) is 1. The van der Waals surface area contributed by atoms with Gasteiger partial charge in [0.05, 0.1) is 6.10 Å². The molecular formula is C19H24FN3O2. The summed E-state index contributed by atoms with van der Waals surface area (Å²) in [5, 5.41) is 7.08. The van der Waals surface area contributed by atoms with Crippen molar-refractivity contribution >= 4 is 5.91 Å². The number of rotatable bonds is 4. The molecule has 5 nitrogen and oxygen atoms in total. The second-order valence-corrected chi connectivity index (χ2v) is 6.87. The van der Waals surface area contributed by atoms with E-state index in [1.807, 2.05) is 13.1 Å². The van der Waals surface area contributed by atoms with Gasteiger partial charge in [0.25, 0.3) is 5.91 Å². The highest BCUT2D eigenvalue weighted by molar-refractivity contribution is 5.92. The van der Waals surface area contributed by atoms with Crippen molar-refractivity contribution in [3.05, 3.63) is 53.1 Å². The van der Waals surface area contributed by atoms with E-state index in [-0.39, 0.29) is 23.9 Å². The number of benzene rings is 1. The van der Waals surface area contributed by atoms with Crippen molar-refractivity contribution in [2.75, 3.05) is 13.7 Å². The molecule has 1 aromatic heterocycles. The molecular weight excluding hydrogens is 321 g/mol. The molecule has 1 fully saturated rings. The van der Waals surface area contributed by atoms with E-state index in [2.05, 4.69) is 24.0 Å². The lowest BCUT2D eigenvalue weighted by atomic mass is 9.96. The molecule has 0 unspecified atom stereocenters. The maximum atomic E-state index is 13.1. The normalized spacial score (nSPS) is 20.7. The number of nitrogens with zero attached hydrogens (tertiary/aromatic N) is 2. The van der Waals surface area contributed by atoms with Gasteiger partial charge in [0.2, 0.25) is 0 Å². The Morgan fingerprint density at radius 2 is 2.08 bits per heavy atom. The van der Waals surface area contributed by atoms with E-state index < -0.39 is 0 Å². The third-order valence-corrected chi connectivity index (χ3v) is 4.80. The van der Waals surface area contributed by atoms with Gasteiger partial charge in [-0.1, -0.05) is 26.0 Å². The highest BCUT2D eigenvalue weighted by Gasteiger charge is 2.30. The van der Waals surface area contributed by atoms with Crippen LogP contribution in [-0.2, 0) is 4.74 Å². The van der Waals surface area contributed by atoms with Gasteiger partial charge in [-0.3, -0.25) is 9.89 Å². The molecule has 2 heterocycles. The molecule has 0 aliphatic carbocycles. The van der Waals surface area contributed by atoms with Gasteiger partial charge in [0, 0.05) is 25.4 Å². The van der Waals surface area contributed by atoms with E-state index in [0.29, 0.717) is 24.6 Å². The van der Waals surface area contributed by atoms with Gasteiger partial charge in [-0.15, -0.1) is 0 Å². The van der Waals surface area contributed by atoms with Gasteiger partial charge in [-0.2, -0.15) is 5.10 Å². The minimum absolute atomic E-state index is 0.0653. The van der Waals surface area contributed by atoms with Gasteiger partial charge in [-0.05, 0) is 42.5 Å². The average molecular weight is 345 g/mol. The average Bonchev–Trinajstić information content (AvgIpc) is 3.11. The fourth-order valence-corrected chi connectivity index (χ4v) is 3.13. The van der Waals surface area contributed by atoms with Crippen LogP contribution in [0.15, 0.2) is 30.3 Å². The third kappa shape index (κ3) is 3.90. The highest BCUT2D eigenvalue weighted by Crippen LogP contribution is 2.30. The van der Waals surface area contributed by atoms with Crippen LogP contribution in [0.1, 0.15) is 60.5 Å². The first-order valence-electron chi connectivity index (χ1n) is 8.65. The fourth-order valence-electron chi connectivity index (χ4n) is 3.13. The van der Waals surface area contributed by atoms with Crippen molar-refractivity contribution in [1.82, 2.24) is 15.1 Å². The van der Waals surface area contributed by atoms with E-state index in [9.17, 15) is 9.18 Å². The Balaban J connectivity index is 1.69. The number of aromatic amines is 1. The van der Waals surface area contributed by atoms with E-state index in [1.165, 1.54) is 12.1 Å². The molecule has 6 heteroatoms. The molecule has 3 rings (SSSR count). The minimum Gasteiger partial charge on any atom is -0.373 e. The summed E-state index contributed by atoms with van der Waals surface area (Å²) in [7, 11) is 1.81. The van der Waals surface area contributed by atoms with E-state index in [1.54, 1.807) is 17.0 Å². The second-order valence-electron chi connectivity index (χ2n) is 6.87. The highest BCUT2D eigenvalue weighted by atomic mass is 19.1. The predicted octanol–water partition coefficient (Wildman–Crippen LogP) is 3.66. The Morgan fingerprint density at radius 3 is 2.72 bits per heavy atom. The van der Waals surface area contributed by atoms with Gasteiger partial charge in [0.1, 0.15) is 11.5 Å². The van der Waals surface area contributed by atoms with Crippen molar-refractivity contribution in [2.45, 2.75) is 44.8 Å². The van der Waals surface area contributed by atoms with Crippen LogP contribution in [0.2, 0.25) is 0 Å². The smallest absolute Gasteiger partial charge is 0.274 e. The molecule has 0 saturated carbocycles. The number of ether oxygens (including phenoxy) is 1. The zero-order valence-electron chi connectivity index (χ0n) is 14.8. The van der Waals surface area contributed by atoms with Crippen LogP contribution < -0.4 is 0 Å². The Bertz CT molecular complexity index is 727.